The van der Waals surface area contributed by atoms with Gasteiger partial charge in [0.2, 0.25) is 0 Å². The molecule has 0 unspecified atom stereocenters. The Morgan fingerprint density at radius 3 is 2.10 bits per heavy atom. The van der Waals surface area contributed by atoms with E-state index in [0.717, 1.165) is 0 Å². The van der Waals surface area contributed by atoms with Crippen molar-refractivity contribution >= 4 is 16.7 Å². The highest BCUT2D eigenvalue weighted by Crippen LogP contribution is 2.40. The summed E-state index contributed by atoms with van der Waals surface area (Å²) in [5.74, 6) is -1.04. The van der Waals surface area contributed by atoms with Crippen LogP contribution in [0.25, 0.3) is 16.5 Å². The van der Waals surface area contributed by atoms with E-state index in [4.69, 9.17) is 5.11 Å². The van der Waals surface area contributed by atoms with Crippen molar-refractivity contribution in [3.8, 4) is 5.69 Å². The fourth-order valence-corrected chi connectivity index (χ4v) is 3.21. The molecule has 0 spiro atoms. The summed E-state index contributed by atoms with van der Waals surface area (Å²) in [5.41, 5.74) is -4.78. The van der Waals surface area contributed by atoms with Gasteiger partial charge < -0.3 is 5.11 Å². The maximum Gasteiger partial charge on any atom is 0.418 e. The number of pyridine rings is 1. The van der Waals surface area contributed by atoms with Crippen LogP contribution in [0.15, 0.2) is 53.5 Å². The van der Waals surface area contributed by atoms with Crippen LogP contribution in [0, 0.1) is 0 Å². The van der Waals surface area contributed by atoms with Gasteiger partial charge in [-0.05, 0) is 23.4 Å². The van der Waals surface area contributed by atoms with Crippen LogP contribution in [0.2, 0.25) is 0 Å². The number of alkyl halides is 6. The van der Waals surface area contributed by atoms with Crippen LogP contribution in [0.5, 0.6) is 0 Å². The molecule has 0 radical (unpaired) electrons. The number of aliphatic carboxylic acids is 1. The Morgan fingerprint density at radius 2 is 1.50 bits per heavy atom. The van der Waals surface area contributed by atoms with Crippen LogP contribution in [0.3, 0.4) is 0 Å². The summed E-state index contributed by atoms with van der Waals surface area (Å²) in [4.78, 5) is 23.2. The summed E-state index contributed by atoms with van der Waals surface area (Å²) in [6.07, 6.45) is -10.6. The summed E-state index contributed by atoms with van der Waals surface area (Å²) in [6.45, 7) is 0. The lowest BCUT2D eigenvalue weighted by Gasteiger charge is -2.18. The van der Waals surface area contributed by atoms with Gasteiger partial charge in [0.1, 0.15) is 0 Å². The fraction of sp³-hybridized carbons (Fsp3) is 0.200. The number of fused-ring (bicyclic) bond motifs is 1. The predicted octanol–water partition coefficient (Wildman–Crippen LogP) is 5.05. The lowest BCUT2D eigenvalue weighted by Crippen LogP contribution is -2.26. The quantitative estimate of drug-likeness (QED) is 0.591. The highest BCUT2D eigenvalue weighted by atomic mass is 19.4. The standard InChI is InChI=1S/C20H13F6NO3/c21-19(22,23)14-9-17(28)27(10-15(14)20(24,25)26)16-6-2-4-12-11(7-8-18(29)30)3-1-5-13(12)16/h1-6,9-10H,7-8H2,(H,29,30). The van der Waals surface area contributed by atoms with Crippen LogP contribution in [0.1, 0.15) is 23.1 Å². The van der Waals surface area contributed by atoms with Crippen molar-refractivity contribution in [1.29, 1.82) is 0 Å². The number of aromatic nitrogens is 1. The van der Waals surface area contributed by atoms with Crippen LogP contribution in [-0.4, -0.2) is 15.6 Å². The molecule has 0 fully saturated rings. The third-order valence-corrected chi connectivity index (χ3v) is 4.52. The van der Waals surface area contributed by atoms with Crippen LogP contribution in [0.4, 0.5) is 26.3 Å². The van der Waals surface area contributed by atoms with E-state index in [-0.39, 0.29) is 30.8 Å². The van der Waals surface area contributed by atoms with Gasteiger partial charge in [0, 0.05) is 24.1 Å². The largest absolute Gasteiger partial charge is 0.481 e. The van der Waals surface area contributed by atoms with Gasteiger partial charge in [0.15, 0.2) is 0 Å². The smallest absolute Gasteiger partial charge is 0.418 e. The zero-order valence-electron chi connectivity index (χ0n) is 15.0. The Morgan fingerprint density at radius 1 is 0.900 bits per heavy atom. The normalized spacial score (nSPS) is 12.3. The molecule has 1 aromatic heterocycles. The van der Waals surface area contributed by atoms with Gasteiger partial charge in [0.25, 0.3) is 5.56 Å². The molecule has 0 aliphatic heterocycles. The molecule has 3 aromatic rings. The van der Waals surface area contributed by atoms with E-state index in [1.54, 1.807) is 12.1 Å². The number of aryl methyl sites for hydroxylation is 1. The number of halogens is 6. The Kier molecular flexibility index (Phi) is 5.36. The van der Waals surface area contributed by atoms with Crippen molar-refractivity contribution in [3.63, 3.8) is 0 Å². The third kappa shape index (κ3) is 4.17. The summed E-state index contributed by atoms with van der Waals surface area (Å²) < 4.78 is 79.5. The maximum atomic E-state index is 13.3. The lowest BCUT2D eigenvalue weighted by atomic mass is 9.99. The average molecular weight is 429 g/mol. The van der Waals surface area contributed by atoms with Crippen molar-refractivity contribution in [2.24, 2.45) is 0 Å². The van der Waals surface area contributed by atoms with Crippen molar-refractivity contribution < 1.29 is 36.2 Å². The molecule has 1 N–H and O–H groups in total. The first kappa shape index (κ1) is 21.4. The second-order valence-electron chi connectivity index (χ2n) is 6.49. The number of rotatable bonds is 4. The molecular weight excluding hydrogens is 416 g/mol. The maximum absolute atomic E-state index is 13.3. The van der Waals surface area contributed by atoms with Crippen LogP contribution < -0.4 is 5.56 Å². The van der Waals surface area contributed by atoms with E-state index in [2.05, 4.69) is 0 Å². The molecule has 1 heterocycles. The Hall–Kier alpha value is -3.30. The zero-order chi connectivity index (χ0) is 22.3. The summed E-state index contributed by atoms with van der Waals surface area (Å²) in [5, 5.41) is 9.65. The fourth-order valence-electron chi connectivity index (χ4n) is 3.21. The number of hydrogen-bond donors (Lipinski definition) is 1. The molecular formula is C20H13F6NO3. The van der Waals surface area contributed by atoms with Gasteiger partial charge in [-0.25, -0.2) is 0 Å². The molecule has 0 aliphatic carbocycles. The molecule has 3 rings (SSSR count). The number of benzene rings is 2. The van der Waals surface area contributed by atoms with Crippen molar-refractivity contribution in [2.75, 3.05) is 0 Å². The van der Waals surface area contributed by atoms with Gasteiger partial charge in [0.05, 0.1) is 16.8 Å². The first-order valence-corrected chi connectivity index (χ1v) is 8.53. The minimum Gasteiger partial charge on any atom is -0.481 e. The SMILES string of the molecule is O=C(O)CCc1cccc2c(-n3cc(C(F)(F)F)c(C(F)(F)F)cc3=O)cccc12. The van der Waals surface area contributed by atoms with E-state index in [1.807, 2.05) is 0 Å². The third-order valence-electron chi connectivity index (χ3n) is 4.52. The molecule has 0 amide bonds. The molecule has 30 heavy (non-hydrogen) atoms. The van der Waals surface area contributed by atoms with E-state index >= 15 is 0 Å². The first-order valence-electron chi connectivity index (χ1n) is 8.53. The van der Waals surface area contributed by atoms with E-state index in [1.165, 1.54) is 24.3 Å². The molecule has 10 heteroatoms. The van der Waals surface area contributed by atoms with E-state index < -0.39 is 35.0 Å². The molecule has 0 saturated heterocycles. The minimum absolute atomic E-state index is 0.0473. The second-order valence-corrected chi connectivity index (χ2v) is 6.49. The number of carboxylic acids is 1. The van der Waals surface area contributed by atoms with Gasteiger partial charge in [-0.1, -0.05) is 30.3 Å². The average Bonchev–Trinajstić information content (AvgIpc) is 2.64. The van der Waals surface area contributed by atoms with Gasteiger partial charge in [-0.15, -0.1) is 0 Å². The number of carbonyl (C=O) groups is 1. The molecule has 158 valence electrons. The highest BCUT2D eigenvalue weighted by Gasteiger charge is 2.44. The van der Waals surface area contributed by atoms with Gasteiger partial charge in [-0.2, -0.15) is 26.3 Å². The minimum atomic E-state index is -5.36. The van der Waals surface area contributed by atoms with Gasteiger partial charge in [-0.3, -0.25) is 14.2 Å². The molecule has 4 nitrogen and oxygen atoms in total. The number of nitrogens with zero attached hydrogens (tertiary/aromatic N) is 1. The van der Waals surface area contributed by atoms with Crippen LogP contribution in [-0.2, 0) is 23.6 Å². The van der Waals surface area contributed by atoms with Crippen LogP contribution >= 0.6 is 0 Å². The summed E-state index contributed by atoms with van der Waals surface area (Å²) in [7, 11) is 0. The summed E-state index contributed by atoms with van der Waals surface area (Å²) >= 11 is 0. The topological polar surface area (TPSA) is 59.3 Å². The predicted molar refractivity (Wildman–Crippen MR) is 95.5 cm³/mol. The lowest BCUT2D eigenvalue weighted by molar-refractivity contribution is -0.162. The number of carboxylic acid groups (broad SMARTS) is 1. The molecule has 0 saturated carbocycles. The summed E-state index contributed by atoms with van der Waals surface area (Å²) in [6, 6.07) is 8.91. The number of hydrogen-bond acceptors (Lipinski definition) is 2. The molecule has 0 atom stereocenters. The van der Waals surface area contributed by atoms with E-state index in [0.29, 0.717) is 20.9 Å². The first-order chi connectivity index (χ1) is 13.9. The van der Waals surface area contributed by atoms with Gasteiger partial charge >= 0.3 is 18.3 Å². The zero-order valence-corrected chi connectivity index (χ0v) is 15.0. The van der Waals surface area contributed by atoms with Crippen molar-refractivity contribution in [3.05, 3.63) is 75.7 Å². The second kappa shape index (κ2) is 7.51. The highest BCUT2D eigenvalue weighted by molar-refractivity contribution is 5.93. The molecule has 0 aliphatic rings. The monoisotopic (exact) mass is 429 g/mol. The van der Waals surface area contributed by atoms with Crippen molar-refractivity contribution in [1.82, 2.24) is 4.57 Å². The molecule has 2 aromatic carbocycles. The Balaban J connectivity index is 2.27. The Labute approximate surface area is 165 Å². The van der Waals surface area contributed by atoms with E-state index in [9.17, 15) is 35.9 Å². The Bertz CT molecular complexity index is 1180. The van der Waals surface area contributed by atoms with Crippen molar-refractivity contribution in [2.45, 2.75) is 25.2 Å². The molecule has 0 bridgehead atoms.